The number of nitrogens with zero attached hydrogens (tertiary/aromatic N) is 2. The third-order valence-corrected chi connectivity index (χ3v) is 4.89. The summed E-state index contributed by atoms with van der Waals surface area (Å²) in [7, 11) is 2.14. The molecule has 1 aliphatic carbocycles. The second kappa shape index (κ2) is 6.23. The molecule has 0 radical (unpaired) electrons. The lowest BCUT2D eigenvalue weighted by atomic mass is 9.76. The summed E-state index contributed by atoms with van der Waals surface area (Å²) in [4.78, 5) is 17.3. The molecular formula is C15H29N3O. The van der Waals surface area contributed by atoms with Crippen molar-refractivity contribution < 1.29 is 4.79 Å². The highest BCUT2D eigenvalue weighted by molar-refractivity contribution is 5.80. The van der Waals surface area contributed by atoms with Crippen LogP contribution in [0.3, 0.4) is 0 Å². The first-order chi connectivity index (χ1) is 9.00. The molecule has 19 heavy (non-hydrogen) atoms. The van der Waals surface area contributed by atoms with E-state index in [9.17, 15) is 4.79 Å². The molecule has 1 saturated carbocycles. The van der Waals surface area contributed by atoms with Crippen molar-refractivity contribution >= 4 is 5.91 Å². The molecule has 1 saturated heterocycles. The van der Waals surface area contributed by atoms with E-state index in [1.54, 1.807) is 0 Å². The van der Waals surface area contributed by atoms with Gasteiger partial charge in [0, 0.05) is 25.2 Å². The van der Waals surface area contributed by atoms with Gasteiger partial charge in [0.2, 0.25) is 5.91 Å². The van der Waals surface area contributed by atoms with Gasteiger partial charge in [-0.2, -0.15) is 0 Å². The van der Waals surface area contributed by atoms with Crippen LogP contribution in [0, 0.1) is 11.8 Å². The van der Waals surface area contributed by atoms with E-state index in [0.717, 1.165) is 38.9 Å². The molecule has 4 nitrogen and oxygen atoms in total. The van der Waals surface area contributed by atoms with Crippen LogP contribution in [0.4, 0.5) is 0 Å². The Labute approximate surface area is 117 Å². The Morgan fingerprint density at radius 2 is 1.89 bits per heavy atom. The van der Waals surface area contributed by atoms with Crippen molar-refractivity contribution in [3.8, 4) is 0 Å². The fourth-order valence-corrected chi connectivity index (χ4v) is 3.77. The zero-order valence-electron chi connectivity index (χ0n) is 12.6. The number of carbonyl (C=O) groups excluding carboxylic acids is 1. The van der Waals surface area contributed by atoms with Crippen LogP contribution in [0.2, 0.25) is 0 Å². The Hall–Kier alpha value is -0.610. The number of carbonyl (C=O) groups is 1. The predicted octanol–water partition coefficient (Wildman–Crippen LogP) is 1.30. The van der Waals surface area contributed by atoms with Crippen LogP contribution in [0.25, 0.3) is 0 Å². The number of rotatable bonds is 1. The molecule has 0 spiro atoms. The molecule has 0 bridgehead atoms. The molecule has 4 heteroatoms. The molecule has 2 rings (SSSR count). The van der Waals surface area contributed by atoms with Gasteiger partial charge in [-0.1, -0.05) is 13.3 Å². The number of likely N-dealkylation sites (N-methyl/N-ethyl adjacent to an activating group) is 1. The minimum Gasteiger partial charge on any atom is -0.338 e. The maximum Gasteiger partial charge on any atom is 0.227 e. The fraction of sp³-hybridized carbons (Fsp3) is 0.933. The molecular weight excluding hydrogens is 238 g/mol. The molecule has 2 fully saturated rings. The highest BCUT2D eigenvalue weighted by Gasteiger charge is 2.38. The third-order valence-electron chi connectivity index (χ3n) is 4.89. The molecule has 4 unspecified atom stereocenters. The minimum atomic E-state index is 0.0413. The highest BCUT2D eigenvalue weighted by Crippen LogP contribution is 2.31. The summed E-state index contributed by atoms with van der Waals surface area (Å²) < 4.78 is 0. The van der Waals surface area contributed by atoms with Crippen molar-refractivity contribution in [3.05, 3.63) is 0 Å². The standard InChI is InChI=1S/C15H29N3O/c1-11-6-4-7-13(16)14(11)15(19)18-9-5-8-17(3)10-12(18)2/h11-14H,4-10,16H2,1-3H3. The van der Waals surface area contributed by atoms with Crippen molar-refractivity contribution in [1.82, 2.24) is 9.80 Å². The van der Waals surface area contributed by atoms with E-state index >= 15 is 0 Å². The molecule has 0 aromatic rings. The SMILES string of the molecule is CC1CCCC(N)C1C(=O)N1CCCN(C)CC1C. The zero-order chi connectivity index (χ0) is 14.0. The van der Waals surface area contributed by atoms with Gasteiger partial charge >= 0.3 is 0 Å². The summed E-state index contributed by atoms with van der Waals surface area (Å²) in [6, 6.07) is 0.366. The smallest absolute Gasteiger partial charge is 0.227 e. The molecule has 0 aromatic carbocycles. The van der Waals surface area contributed by atoms with Crippen molar-refractivity contribution in [1.29, 1.82) is 0 Å². The van der Waals surface area contributed by atoms with E-state index in [4.69, 9.17) is 5.73 Å². The Morgan fingerprint density at radius 3 is 2.58 bits per heavy atom. The zero-order valence-corrected chi connectivity index (χ0v) is 12.6. The molecule has 110 valence electrons. The summed E-state index contributed by atoms with van der Waals surface area (Å²) >= 11 is 0. The quantitative estimate of drug-likeness (QED) is 0.779. The normalized spacial score (nSPS) is 38.0. The first-order valence-electron chi connectivity index (χ1n) is 7.75. The van der Waals surface area contributed by atoms with E-state index in [-0.39, 0.29) is 12.0 Å². The summed E-state index contributed by atoms with van der Waals surface area (Å²) in [5, 5.41) is 0. The molecule has 1 amide bonds. The van der Waals surface area contributed by atoms with Gasteiger partial charge in [-0.05, 0) is 45.7 Å². The van der Waals surface area contributed by atoms with Crippen LogP contribution in [0.5, 0.6) is 0 Å². The van der Waals surface area contributed by atoms with Gasteiger partial charge in [-0.25, -0.2) is 0 Å². The molecule has 2 aliphatic rings. The van der Waals surface area contributed by atoms with Gasteiger partial charge in [0.1, 0.15) is 0 Å². The van der Waals surface area contributed by atoms with Gasteiger partial charge in [0.25, 0.3) is 0 Å². The largest absolute Gasteiger partial charge is 0.338 e. The van der Waals surface area contributed by atoms with Gasteiger partial charge in [0.15, 0.2) is 0 Å². The van der Waals surface area contributed by atoms with Crippen LogP contribution in [-0.2, 0) is 4.79 Å². The maximum atomic E-state index is 12.9. The maximum absolute atomic E-state index is 12.9. The monoisotopic (exact) mass is 267 g/mol. The van der Waals surface area contributed by atoms with Crippen molar-refractivity contribution in [2.75, 3.05) is 26.7 Å². The average Bonchev–Trinajstić information content (AvgIpc) is 2.49. The van der Waals surface area contributed by atoms with Gasteiger partial charge in [-0.3, -0.25) is 4.79 Å². The van der Waals surface area contributed by atoms with Gasteiger partial charge in [0.05, 0.1) is 5.92 Å². The number of hydrogen-bond donors (Lipinski definition) is 1. The van der Waals surface area contributed by atoms with E-state index < -0.39 is 0 Å². The molecule has 0 aromatic heterocycles. The lowest BCUT2D eigenvalue weighted by molar-refractivity contribution is -0.140. The summed E-state index contributed by atoms with van der Waals surface area (Å²) in [6.07, 6.45) is 4.39. The summed E-state index contributed by atoms with van der Waals surface area (Å²) in [6.45, 7) is 7.30. The predicted molar refractivity (Wildman–Crippen MR) is 77.8 cm³/mol. The van der Waals surface area contributed by atoms with Gasteiger partial charge < -0.3 is 15.5 Å². The number of amides is 1. The third kappa shape index (κ3) is 3.29. The van der Waals surface area contributed by atoms with E-state index in [1.165, 1.54) is 6.42 Å². The van der Waals surface area contributed by atoms with E-state index in [1.807, 2.05) is 0 Å². The molecule has 1 heterocycles. The van der Waals surface area contributed by atoms with E-state index in [0.29, 0.717) is 17.9 Å². The van der Waals surface area contributed by atoms with Crippen LogP contribution in [0.15, 0.2) is 0 Å². The van der Waals surface area contributed by atoms with Crippen molar-refractivity contribution in [2.24, 2.45) is 17.6 Å². The van der Waals surface area contributed by atoms with Crippen LogP contribution < -0.4 is 5.73 Å². The first-order valence-corrected chi connectivity index (χ1v) is 7.75. The minimum absolute atomic E-state index is 0.0413. The second-order valence-electron chi connectivity index (χ2n) is 6.59. The first kappa shape index (κ1) is 14.8. The Bertz CT molecular complexity index is 311. The van der Waals surface area contributed by atoms with E-state index in [2.05, 4.69) is 30.7 Å². The molecule has 1 aliphatic heterocycles. The van der Waals surface area contributed by atoms with Crippen molar-refractivity contribution in [2.45, 2.75) is 51.6 Å². The number of hydrogen-bond acceptors (Lipinski definition) is 3. The number of nitrogens with two attached hydrogens (primary N) is 1. The highest BCUT2D eigenvalue weighted by atomic mass is 16.2. The molecule has 2 N–H and O–H groups in total. The fourth-order valence-electron chi connectivity index (χ4n) is 3.77. The van der Waals surface area contributed by atoms with Crippen molar-refractivity contribution in [3.63, 3.8) is 0 Å². The Kier molecular flexibility index (Phi) is 4.85. The topological polar surface area (TPSA) is 49.6 Å². The average molecular weight is 267 g/mol. The van der Waals surface area contributed by atoms with Gasteiger partial charge in [-0.15, -0.1) is 0 Å². The Balaban J connectivity index is 2.08. The lowest BCUT2D eigenvalue weighted by Gasteiger charge is -2.38. The molecule has 4 atom stereocenters. The summed E-state index contributed by atoms with van der Waals surface area (Å²) in [5.41, 5.74) is 6.23. The van der Waals surface area contributed by atoms with Crippen LogP contribution >= 0.6 is 0 Å². The Morgan fingerprint density at radius 1 is 1.16 bits per heavy atom. The summed E-state index contributed by atoms with van der Waals surface area (Å²) in [5.74, 6) is 0.784. The second-order valence-corrected chi connectivity index (χ2v) is 6.59. The lowest BCUT2D eigenvalue weighted by Crippen LogP contribution is -2.52. The van der Waals surface area contributed by atoms with Crippen LogP contribution in [0.1, 0.15) is 39.5 Å². The van der Waals surface area contributed by atoms with Crippen LogP contribution in [-0.4, -0.2) is 54.5 Å².